The number of ketones is 1. The van der Waals surface area contributed by atoms with E-state index >= 15 is 0 Å². The fourth-order valence-corrected chi connectivity index (χ4v) is 0.535. The molecule has 2 N–H and O–H groups in total. The number of rotatable bonds is 4. The van der Waals surface area contributed by atoms with Crippen LogP contribution in [0.2, 0.25) is 0 Å². The van der Waals surface area contributed by atoms with Gasteiger partial charge in [-0.3, -0.25) is 4.79 Å². The summed E-state index contributed by atoms with van der Waals surface area (Å²) in [5.74, 6) is 0.0526. The molecule has 0 aliphatic heterocycles. The van der Waals surface area contributed by atoms with E-state index in [0.717, 1.165) is 0 Å². The number of Topliss-reactive ketones (excluding diaryl/α,β-unsaturated/α-hetero) is 1. The maximum Gasteiger partial charge on any atom is 0.151 e. The lowest BCUT2D eigenvalue weighted by molar-refractivity contribution is -0.121. The van der Waals surface area contributed by atoms with Crippen molar-refractivity contribution in [3.8, 4) is 0 Å². The summed E-state index contributed by atoms with van der Waals surface area (Å²) < 4.78 is 4.68. The Kier molecular flexibility index (Phi) is 4.26. The van der Waals surface area contributed by atoms with Crippen LogP contribution in [0.5, 0.6) is 0 Å². The summed E-state index contributed by atoms with van der Waals surface area (Å²) in [6, 6.07) is -0.431. The third-order valence-corrected chi connectivity index (χ3v) is 1.11. The van der Waals surface area contributed by atoms with Gasteiger partial charge in [-0.2, -0.15) is 0 Å². The lowest BCUT2D eigenvalue weighted by Crippen LogP contribution is -2.34. The predicted octanol–water partition coefficient (Wildman–Crippen LogP) is -0.0608. The molecule has 0 aliphatic carbocycles. The highest BCUT2D eigenvalue weighted by Gasteiger charge is 2.08. The Morgan fingerprint density at radius 2 is 2.33 bits per heavy atom. The van der Waals surface area contributed by atoms with E-state index in [2.05, 4.69) is 4.74 Å². The number of carbonyl (C=O) groups is 1. The lowest BCUT2D eigenvalue weighted by Gasteiger charge is -2.05. The van der Waals surface area contributed by atoms with Gasteiger partial charge in [0.15, 0.2) is 5.78 Å². The molecule has 0 fully saturated rings. The maximum atomic E-state index is 10.7. The fourth-order valence-electron chi connectivity index (χ4n) is 0.535. The minimum Gasteiger partial charge on any atom is -0.383 e. The van der Waals surface area contributed by atoms with Gasteiger partial charge in [0.2, 0.25) is 0 Å². The molecule has 3 nitrogen and oxygen atoms in total. The number of ether oxygens (including phenoxy) is 1. The number of hydrogen-bond acceptors (Lipinski definition) is 3. The maximum absolute atomic E-state index is 10.7. The van der Waals surface area contributed by atoms with Crippen LogP contribution in [0.3, 0.4) is 0 Å². The van der Waals surface area contributed by atoms with Gasteiger partial charge in [0.1, 0.15) is 0 Å². The minimum atomic E-state index is -0.431. The number of hydrogen-bond donors (Lipinski definition) is 1. The van der Waals surface area contributed by atoms with Crippen LogP contribution in [0.15, 0.2) is 0 Å². The normalized spacial score (nSPS) is 13.2. The highest BCUT2D eigenvalue weighted by Crippen LogP contribution is 1.87. The Balaban J connectivity index is 3.45. The molecule has 54 valence electrons. The molecule has 0 bridgehead atoms. The van der Waals surface area contributed by atoms with Crippen LogP contribution in [0.25, 0.3) is 0 Å². The lowest BCUT2D eigenvalue weighted by atomic mass is 10.2. The average molecular weight is 131 g/mol. The first-order valence-electron chi connectivity index (χ1n) is 2.99. The van der Waals surface area contributed by atoms with Crippen LogP contribution in [0.1, 0.15) is 13.3 Å². The standard InChI is InChI=1S/C6H13NO2/c1-3-6(8)5(7)4-9-2/h5H,3-4,7H2,1-2H3/t5-/m0/s1. The number of carbonyl (C=O) groups excluding carboxylic acids is 1. The van der Waals surface area contributed by atoms with Crippen molar-refractivity contribution in [2.45, 2.75) is 19.4 Å². The van der Waals surface area contributed by atoms with Crippen LogP contribution < -0.4 is 5.73 Å². The Labute approximate surface area is 55.2 Å². The Morgan fingerprint density at radius 3 is 2.67 bits per heavy atom. The largest absolute Gasteiger partial charge is 0.383 e. The van der Waals surface area contributed by atoms with Crippen LogP contribution >= 0.6 is 0 Å². The van der Waals surface area contributed by atoms with E-state index in [1.807, 2.05) is 0 Å². The van der Waals surface area contributed by atoms with Gasteiger partial charge in [0.05, 0.1) is 12.6 Å². The minimum absolute atomic E-state index is 0.0526. The molecule has 0 saturated carbocycles. The number of methoxy groups -OCH3 is 1. The smallest absolute Gasteiger partial charge is 0.151 e. The van der Waals surface area contributed by atoms with E-state index < -0.39 is 6.04 Å². The Morgan fingerprint density at radius 1 is 1.78 bits per heavy atom. The summed E-state index contributed by atoms with van der Waals surface area (Å²) in [4.78, 5) is 10.7. The van der Waals surface area contributed by atoms with Crippen molar-refractivity contribution in [3.05, 3.63) is 0 Å². The van der Waals surface area contributed by atoms with Crippen molar-refractivity contribution < 1.29 is 9.53 Å². The first-order chi connectivity index (χ1) is 4.22. The molecule has 0 aromatic heterocycles. The van der Waals surface area contributed by atoms with E-state index in [-0.39, 0.29) is 5.78 Å². The predicted molar refractivity (Wildman–Crippen MR) is 35.1 cm³/mol. The zero-order valence-electron chi connectivity index (χ0n) is 5.89. The zero-order valence-corrected chi connectivity index (χ0v) is 5.89. The van der Waals surface area contributed by atoms with Crippen molar-refractivity contribution in [1.82, 2.24) is 0 Å². The third kappa shape index (κ3) is 3.21. The van der Waals surface area contributed by atoms with Crippen molar-refractivity contribution >= 4 is 5.78 Å². The van der Waals surface area contributed by atoms with E-state index in [1.54, 1.807) is 6.92 Å². The van der Waals surface area contributed by atoms with Gasteiger partial charge in [-0.15, -0.1) is 0 Å². The van der Waals surface area contributed by atoms with E-state index in [9.17, 15) is 4.79 Å². The zero-order chi connectivity index (χ0) is 7.28. The molecule has 0 rings (SSSR count). The fraction of sp³-hybridized carbons (Fsp3) is 0.833. The summed E-state index contributed by atoms with van der Waals surface area (Å²) >= 11 is 0. The molecular weight excluding hydrogens is 118 g/mol. The van der Waals surface area contributed by atoms with Gasteiger partial charge >= 0.3 is 0 Å². The molecule has 0 aliphatic rings. The van der Waals surface area contributed by atoms with E-state index in [1.165, 1.54) is 7.11 Å². The third-order valence-electron chi connectivity index (χ3n) is 1.11. The Bertz CT molecular complexity index is 93.1. The topological polar surface area (TPSA) is 52.3 Å². The van der Waals surface area contributed by atoms with Gasteiger partial charge in [-0.25, -0.2) is 0 Å². The molecule has 3 heteroatoms. The van der Waals surface area contributed by atoms with Crippen LogP contribution in [-0.4, -0.2) is 25.5 Å². The summed E-state index contributed by atoms with van der Waals surface area (Å²) in [5.41, 5.74) is 5.36. The monoisotopic (exact) mass is 131 g/mol. The molecule has 0 radical (unpaired) electrons. The number of nitrogens with two attached hydrogens (primary N) is 1. The summed E-state index contributed by atoms with van der Waals surface area (Å²) in [6.07, 6.45) is 0.491. The van der Waals surface area contributed by atoms with Crippen molar-refractivity contribution in [2.75, 3.05) is 13.7 Å². The summed E-state index contributed by atoms with van der Waals surface area (Å²) in [6.45, 7) is 2.12. The first kappa shape index (κ1) is 8.59. The summed E-state index contributed by atoms with van der Waals surface area (Å²) in [7, 11) is 1.53. The molecule has 0 amide bonds. The highest BCUT2D eigenvalue weighted by atomic mass is 16.5. The van der Waals surface area contributed by atoms with E-state index in [0.29, 0.717) is 13.0 Å². The van der Waals surface area contributed by atoms with Crippen molar-refractivity contribution in [1.29, 1.82) is 0 Å². The first-order valence-corrected chi connectivity index (χ1v) is 2.99. The second-order valence-corrected chi connectivity index (χ2v) is 1.88. The molecule has 0 aromatic rings. The Hall–Kier alpha value is -0.410. The van der Waals surface area contributed by atoms with Crippen LogP contribution in [0, 0.1) is 0 Å². The average Bonchev–Trinajstić information content (AvgIpc) is 1.87. The van der Waals surface area contributed by atoms with E-state index in [4.69, 9.17) is 5.73 Å². The van der Waals surface area contributed by atoms with Crippen LogP contribution in [-0.2, 0) is 9.53 Å². The van der Waals surface area contributed by atoms with Crippen molar-refractivity contribution in [3.63, 3.8) is 0 Å². The molecule has 0 unspecified atom stereocenters. The SMILES string of the molecule is CCC(=O)[C@@H](N)COC. The molecular formula is C6H13NO2. The molecule has 0 aromatic carbocycles. The molecule has 0 spiro atoms. The van der Waals surface area contributed by atoms with Gasteiger partial charge in [-0.05, 0) is 0 Å². The highest BCUT2D eigenvalue weighted by molar-refractivity contribution is 5.83. The second kappa shape index (κ2) is 4.47. The van der Waals surface area contributed by atoms with Crippen LogP contribution in [0.4, 0.5) is 0 Å². The molecule has 0 heterocycles. The molecule has 0 saturated heterocycles. The second-order valence-electron chi connectivity index (χ2n) is 1.88. The summed E-state index contributed by atoms with van der Waals surface area (Å²) in [5, 5.41) is 0. The van der Waals surface area contributed by atoms with Gasteiger partial charge in [0, 0.05) is 13.5 Å². The van der Waals surface area contributed by atoms with Gasteiger partial charge in [0.25, 0.3) is 0 Å². The molecule has 9 heavy (non-hydrogen) atoms. The quantitative estimate of drug-likeness (QED) is 0.581. The van der Waals surface area contributed by atoms with Gasteiger partial charge in [-0.1, -0.05) is 6.92 Å². The van der Waals surface area contributed by atoms with Crippen molar-refractivity contribution in [2.24, 2.45) is 5.73 Å². The molecule has 1 atom stereocenters. The van der Waals surface area contributed by atoms with Gasteiger partial charge < -0.3 is 10.5 Å².